The van der Waals surface area contributed by atoms with E-state index in [1.54, 1.807) is 41.5 Å². The predicted octanol–water partition coefficient (Wildman–Crippen LogP) is 3.91. The van der Waals surface area contributed by atoms with Gasteiger partial charge in [0, 0.05) is 6.54 Å². The van der Waals surface area contributed by atoms with Crippen LogP contribution < -0.4 is 15.4 Å². The maximum absolute atomic E-state index is 11.9. The van der Waals surface area contributed by atoms with Gasteiger partial charge in [-0.2, -0.15) is 0 Å². The first-order valence-corrected chi connectivity index (χ1v) is 9.46. The number of carbonyl (C=O) groups excluding carboxylic acids is 3. The zero-order valence-corrected chi connectivity index (χ0v) is 18.6. The molecule has 0 atom stereocenters. The molecule has 30 heavy (non-hydrogen) atoms. The largest absolute Gasteiger partial charge is 0.517 e. The number of anilines is 1. The van der Waals surface area contributed by atoms with Crippen LogP contribution in [0.3, 0.4) is 0 Å². The number of ether oxygens (including phenoxy) is 4. The van der Waals surface area contributed by atoms with Crippen molar-refractivity contribution in [2.75, 3.05) is 18.5 Å². The second kappa shape index (κ2) is 10.8. The molecule has 1 heterocycles. The summed E-state index contributed by atoms with van der Waals surface area (Å²) in [6.45, 7) is 10.6. The second-order valence-corrected chi connectivity index (χ2v) is 8.31. The summed E-state index contributed by atoms with van der Waals surface area (Å²) < 4.78 is 20.0. The topological polar surface area (TPSA) is 138 Å². The molecule has 168 valence electrons. The Morgan fingerprint density at radius 1 is 1.00 bits per heavy atom. The summed E-state index contributed by atoms with van der Waals surface area (Å²) in [5.74, 6) is -0.110. The summed E-state index contributed by atoms with van der Waals surface area (Å²) in [7, 11) is 0. The number of rotatable bonds is 6. The number of nitrogens with one attached hydrogen (secondary N) is 2. The van der Waals surface area contributed by atoms with Gasteiger partial charge in [0.2, 0.25) is 0 Å². The molecule has 2 N–H and O–H groups in total. The fourth-order valence-corrected chi connectivity index (χ4v) is 1.98. The van der Waals surface area contributed by atoms with Gasteiger partial charge < -0.3 is 24.3 Å². The third kappa shape index (κ3) is 10.6. The predicted molar refractivity (Wildman–Crippen MR) is 108 cm³/mol. The lowest BCUT2D eigenvalue weighted by molar-refractivity contribution is 0.0111. The average molecular weight is 447 g/mol. The van der Waals surface area contributed by atoms with E-state index in [4.69, 9.17) is 25.8 Å². The molecular weight excluding hydrogens is 420 g/mol. The van der Waals surface area contributed by atoms with Crippen molar-refractivity contribution in [2.45, 2.75) is 59.2 Å². The van der Waals surface area contributed by atoms with Gasteiger partial charge in [-0.3, -0.25) is 5.32 Å². The lowest BCUT2D eigenvalue weighted by atomic mass is 10.2. The molecule has 0 radical (unpaired) electrons. The monoisotopic (exact) mass is 446 g/mol. The number of hydrogen-bond acceptors (Lipinski definition) is 9. The van der Waals surface area contributed by atoms with Crippen molar-refractivity contribution >= 4 is 35.8 Å². The molecule has 0 aliphatic heterocycles. The second-order valence-electron chi connectivity index (χ2n) is 7.95. The van der Waals surface area contributed by atoms with E-state index in [1.807, 2.05) is 0 Å². The first-order valence-electron chi connectivity index (χ1n) is 9.09. The van der Waals surface area contributed by atoms with Crippen molar-refractivity contribution in [3.8, 4) is 5.75 Å². The zero-order chi connectivity index (χ0) is 22.9. The Morgan fingerprint density at radius 3 is 2.23 bits per heavy atom. The first kappa shape index (κ1) is 25.2. The van der Waals surface area contributed by atoms with Gasteiger partial charge >= 0.3 is 18.3 Å². The maximum Gasteiger partial charge on any atom is 0.517 e. The average Bonchev–Trinajstić information content (AvgIpc) is 2.53. The van der Waals surface area contributed by atoms with Gasteiger partial charge in [-0.1, -0.05) is 11.6 Å². The number of hydrogen-bond donors (Lipinski definition) is 2. The molecular formula is C18H27ClN4O7. The smallest absolute Gasteiger partial charge is 0.487 e. The van der Waals surface area contributed by atoms with Gasteiger partial charge in [-0.25, -0.2) is 24.4 Å². The van der Waals surface area contributed by atoms with Gasteiger partial charge in [-0.15, -0.1) is 0 Å². The van der Waals surface area contributed by atoms with Crippen molar-refractivity contribution in [2.24, 2.45) is 0 Å². The number of amides is 2. The van der Waals surface area contributed by atoms with Gasteiger partial charge in [0.25, 0.3) is 0 Å². The molecule has 0 spiro atoms. The summed E-state index contributed by atoms with van der Waals surface area (Å²) in [5.41, 5.74) is -1.42. The van der Waals surface area contributed by atoms with Gasteiger partial charge in [0.15, 0.2) is 16.7 Å². The number of carbonyl (C=O) groups is 3. The van der Waals surface area contributed by atoms with Gasteiger partial charge in [0.1, 0.15) is 17.5 Å². The molecule has 0 aliphatic rings. The van der Waals surface area contributed by atoms with Crippen molar-refractivity contribution in [3.05, 3.63) is 11.5 Å². The Morgan fingerprint density at radius 2 is 1.63 bits per heavy atom. The summed E-state index contributed by atoms with van der Waals surface area (Å²) >= 11 is 5.99. The molecule has 1 aromatic rings. The quantitative estimate of drug-likeness (QED) is 0.288. The molecule has 2 amide bonds. The molecule has 0 unspecified atom stereocenters. The van der Waals surface area contributed by atoms with Crippen LogP contribution >= 0.6 is 11.6 Å². The molecule has 0 aromatic carbocycles. The SMILES string of the molecule is CC(C)(C)OC(=O)NCCCOc1c(Cl)ncnc1NC(=O)OC(=O)OC(C)(C)C. The Bertz CT molecular complexity index is 760. The standard InChI is InChI=1S/C18H27ClN4O7/c1-17(2,3)29-14(24)20-8-7-9-27-11-12(19)21-10-22-13(11)23-15(25)28-16(26)30-18(4,5)6/h10H,7-9H2,1-6H3,(H,20,24)(H,21,22,23,25). The van der Waals surface area contributed by atoms with E-state index in [0.29, 0.717) is 6.42 Å². The molecule has 0 saturated heterocycles. The lowest BCUT2D eigenvalue weighted by Gasteiger charge is -2.19. The lowest BCUT2D eigenvalue weighted by Crippen LogP contribution is -2.33. The molecule has 11 nitrogen and oxygen atoms in total. The number of aromatic nitrogens is 2. The highest BCUT2D eigenvalue weighted by atomic mass is 35.5. The minimum Gasteiger partial charge on any atom is -0.487 e. The Labute approximate surface area is 179 Å². The van der Waals surface area contributed by atoms with Crippen LogP contribution in [0.5, 0.6) is 5.75 Å². The molecule has 0 saturated carbocycles. The molecule has 0 bridgehead atoms. The third-order valence-corrected chi connectivity index (χ3v) is 3.05. The van der Waals surface area contributed by atoms with E-state index in [0.717, 1.165) is 6.33 Å². The van der Waals surface area contributed by atoms with Crippen molar-refractivity contribution < 1.29 is 33.3 Å². The Balaban J connectivity index is 2.55. The van der Waals surface area contributed by atoms with Crippen molar-refractivity contribution in [1.29, 1.82) is 0 Å². The minimum absolute atomic E-state index is 0.0161. The maximum atomic E-state index is 11.9. The van der Waals surface area contributed by atoms with Crippen LogP contribution in [0.4, 0.5) is 20.2 Å². The van der Waals surface area contributed by atoms with Crippen LogP contribution in [0.1, 0.15) is 48.0 Å². The van der Waals surface area contributed by atoms with E-state index < -0.39 is 29.5 Å². The molecule has 12 heteroatoms. The molecule has 0 aliphatic carbocycles. The normalized spacial score (nSPS) is 11.3. The van der Waals surface area contributed by atoms with Crippen LogP contribution in [0.2, 0.25) is 5.15 Å². The summed E-state index contributed by atoms with van der Waals surface area (Å²) in [4.78, 5) is 42.7. The molecule has 1 rings (SSSR count). The highest BCUT2D eigenvalue weighted by Crippen LogP contribution is 2.29. The van der Waals surface area contributed by atoms with Crippen molar-refractivity contribution in [1.82, 2.24) is 15.3 Å². The Kier molecular flexibility index (Phi) is 9.09. The van der Waals surface area contributed by atoms with Gasteiger partial charge in [-0.05, 0) is 48.0 Å². The van der Waals surface area contributed by atoms with Crippen LogP contribution in [0, 0.1) is 0 Å². The van der Waals surface area contributed by atoms with E-state index >= 15 is 0 Å². The van der Waals surface area contributed by atoms with E-state index in [1.165, 1.54) is 0 Å². The van der Waals surface area contributed by atoms with Crippen LogP contribution in [-0.2, 0) is 14.2 Å². The minimum atomic E-state index is -1.17. The fourth-order valence-electron chi connectivity index (χ4n) is 1.79. The summed E-state index contributed by atoms with van der Waals surface area (Å²) in [6.07, 6.45) is -1.34. The van der Waals surface area contributed by atoms with Crippen LogP contribution in [0.15, 0.2) is 6.33 Å². The van der Waals surface area contributed by atoms with E-state index in [-0.39, 0.29) is 29.9 Å². The molecule has 0 fully saturated rings. The zero-order valence-electron chi connectivity index (χ0n) is 17.8. The number of alkyl carbamates (subject to hydrolysis) is 1. The summed E-state index contributed by atoms with van der Waals surface area (Å²) in [6, 6.07) is 0. The number of halogens is 1. The van der Waals surface area contributed by atoms with Crippen molar-refractivity contribution in [3.63, 3.8) is 0 Å². The highest BCUT2D eigenvalue weighted by molar-refractivity contribution is 6.31. The van der Waals surface area contributed by atoms with Crippen LogP contribution in [-0.4, -0.2) is 52.7 Å². The van der Waals surface area contributed by atoms with Crippen LogP contribution in [0.25, 0.3) is 0 Å². The van der Waals surface area contributed by atoms with E-state index in [2.05, 4.69) is 25.3 Å². The highest BCUT2D eigenvalue weighted by Gasteiger charge is 2.22. The van der Waals surface area contributed by atoms with Gasteiger partial charge in [0.05, 0.1) is 6.61 Å². The fraction of sp³-hybridized carbons (Fsp3) is 0.611. The first-order chi connectivity index (χ1) is 13.8. The summed E-state index contributed by atoms with van der Waals surface area (Å²) in [5, 5.41) is 4.76. The van der Waals surface area contributed by atoms with E-state index in [9.17, 15) is 14.4 Å². The molecule has 1 aromatic heterocycles. The number of nitrogens with zero attached hydrogens (tertiary/aromatic N) is 2. The Hall–Kier alpha value is -2.82. The third-order valence-electron chi connectivity index (χ3n) is 2.78.